The van der Waals surface area contributed by atoms with Crippen LogP contribution in [0.4, 0.5) is 11.4 Å². The van der Waals surface area contributed by atoms with Crippen molar-refractivity contribution in [2.24, 2.45) is 0 Å². The van der Waals surface area contributed by atoms with Crippen LogP contribution in [0, 0.1) is 6.92 Å². The van der Waals surface area contributed by atoms with Gasteiger partial charge < -0.3 is 10.2 Å². The molecule has 0 aliphatic carbocycles. The number of nitrogens with one attached hydrogen (secondary N) is 1. The number of hydrogen-bond donors (Lipinski definition) is 1. The predicted molar refractivity (Wildman–Crippen MR) is 92.0 cm³/mol. The summed E-state index contributed by atoms with van der Waals surface area (Å²) in [6.45, 7) is 5.47. The van der Waals surface area contributed by atoms with Gasteiger partial charge >= 0.3 is 0 Å². The molecule has 106 valence electrons. The number of hydrogen-bond acceptors (Lipinski definition) is 3. The molecule has 20 heavy (non-hydrogen) atoms. The van der Waals surface area contributed by atoms with Gasteiger partial charge in [0, 0.05) is 31.0 Å². The molecule has 1 aromatic heterocycles. The maximum absolute atomic E-state index is 3.53. The molecule has 2 aromatic rings. The van der Waals surface area contributed by atoms with Gasteiger partial charge in [-0.05, 0) is 76.5 Å². The van der Waals surface area contributed by atoms with Crippen molar-refractivity contribution < 1.29 is 0 Å². The summed E-state index contributed by atoms with van der Waals surface area (Å²) in [5.74, 6) is 0. The lowest BCUT2D eigenvalue weighted by atomic mass is 10.1. The van der Waals surface area contributed by atoms with Gasteiger partial charge in [0.2, 0.25) is 0 Å². The number of anilines is 2. The lowest BCUT2D eigenvalue weighted by molar-refractivity contribution is 0.949. The molecule has 1 aliphatic heterocycles. The molecule has 4 heteroatoms. The molecule has 1 aliphatic rings. The summed E-state index contributed by atoms with van der Waals surface area (Å²) in [7, 11) is 0. The molecular formula is C16H19BrN2S. The Labute approximate surface area is 132 Å². The Balaban J connectivity index is 1.67. The fourth-order valence-electron chi connectivity index (χ4n) is 2.65. The molecule has 1 N–H and O–H groups in total. The summed E-state index contributed by atoms with van der Waals surface area (Å²) in [5, 5.41) is 5.71. The lowest BCUT2D eigenvalue weighted by Gasteiger charge is -2.19. The summed E-state index contributed by atoms with van der Waals surface area (Å²) < 4.78 is 1.19. The Morgan fingerprint density at radius 1 is 1.25 bits per heavy atom. The van der Waals surface area contributed by atoms with Crippen molar-refractivity contribution in [3.63, 3.8) is 0 Å². The SMILES string of the molecule is Cc1cc(N2CCCC2)ccc1NCc1csc(Br)c1. The maximum Gasteiger partial charge on any atom is 0.0701 e. The number of benzene rings is 1. The van der Waals surface area contributed by atoms with E-state index in [0.29, 0.717) is 0 Å². The number of halogens is 1. The molecule has 0 radical (unpaired) electrons. The van der Waals surface area contributed by atoms with Crippen LogP contribution >= 0.6 is 27.3 Å². The van der Waals surface area contributed by atoms with Gasteiger partial charge in [-0.2, -0.15) is 0 Å². The molecule has 2 nitrogen and oxygen atoms in total. The van der Waals surface area contributed by atoms with Crippen molar-refractivity contribution in [2.75, 3.05) is 23.3 Å². The van der Waals surface area contributed by atoms with Gasteiger partial charge in [0.25, 0.3) is 0 Å². The van der Waals surface area contributed by atoms with E-state index in [0.717, 1.165) is 6.54 Å². The van der Waals surface area contributed by atoms with Crippen LogP contribution in [-0.4, -0.2) is 13.1 Å². The van der Waals surface area contributed by atoms with Crippen molar-refractivity contribution in [2.45, 2.75) is 26.3 Å². The van der Waals surface area contributed by atoms with E-state index in [2.05, 4.69) is 62.7 Å². The molecule has 0 unspecified atom stereocenters. The number of thiophene rings is 1. The molecule has 1 aromatic carbocycles. The molecule has 2 heterocycles. The fraction of sp³-hybridized carbons (Fsp3) is 0.375. The van der Waals surface area contributed by atoms with E-state index in [1.807, 2.05) is 0 Å². The molecule has 0 saturated carbocycles. The summed E-state index contributed by atoms with van der Waals surface area (Å²) in [6.07, 6.45) is 2.65. The van der Waals surface area contributed by atoms with Crippen molar-refractivity contribution in [3.05, 3.63) is 44.6 Å². The standard InChI is InChI=1S/C16H19BrN2S/c1-12-8-14(19-6-2-3-7-19)4-5-15(12)18-10-13-9-16(17)20-11-13/h4-5,8-9,11,18H,2-3,6-7,10H2,1H3. The van der Waals surface area contributed by atoms with Crippen LogP contribution in [0.1, 0.15) is 24.0 Å². The molecular weight excluding hydrogens is 332 g/mol. The molecule has 3 rings (SSSR count). The van der Waals surface area contributed by atoms with E-state index < -0.39 is 0 Å². The maximum atomic E-state index is 3.53. The monoisotopic (exact) mass is 350 g/mol. The first-order valence-electron chi connectivity index (χ1n) is 7.05. The van der Waals surface area contributed by atoms with E-state index in [1.165, 1.54) is 52.2 Å². The molecule has 1 fully saturated rings. The van der Waals surface area contributed by atoms with Gasteiger partial charge in [0.1, 0.15) is 0 Å². The average Bonchev–Trinajstić information content (AvgIpc) is 3.08. The normalized spacial score (nSPS) is 14.8. The van der Waals surface area contributed by atoms with Crippen molar-refractivity contribution in [1.29, 1.82) is 0 Å². The Morgan fingerprint density at radius 3 is 2.70 bits per heavy atom. The highest BCUT2D eigenvalue weighted by molar-refractivity contribution is 9.11. The van der Waals surface area contributed by atoms with E-state index >= 15 is 0 Å². The number of nitrogens with zero attached hydrogens (tertiary/aromatic N) is 1. The highest BCUT2D eigenvalue weighted by Gasteiger charge is 2.12. The Hall–Kier alpha value is -1.00. The molecule has 0 bridgehead atoms. The summed E-state index contributed by atoms with van der Waals surface area (Å²) in [4.78, 5) is 2.48. The van der Waals surface area contributed by atoms with Crippen LogP contribution in [0.3, 0.4) is 0 Å². The second-order valence-corrected chi connectivity index (χ2v) is 7.60. The molecule has 0 amide bonds. The van der Waals surface area contributed by atoms with Crippen LogP contribution in [0.2, 0.25) is 0 Å². The van der Waals surface area contributed by atoms with Crippen molar-refractivity contribution >= 4 is 38.6 Å². The zero-order chi connectivity index (χ0) is 13.9. The first-order valence-corrected chi connectivity index (χ1v) is 8.72. The van der Waals surface area contributed by atoms with Crippen LogP contribution in [0.5, 0.6) is 0 Å². The third kappa shape index (κ3) is 3.18. The second kappa shape index (κ2) is 6.19. The minimum Gasteiger partial charge on any atom is -0.381 e. The van der Waals surface area contributed by atoms with Crippen LogP contribution < -0.4 is 10.2 Å². The molecule has 1 saturated heterocycles. The van der Waals surface area contributed by atoms with E-state index in [9.17, 15) is 0 Å². The Kier molecular flexibility index (Phi) is 4.32. The third-order valence-corrected chi connectivity index (χ3v) is 5.34. The fourth-order valence-corrected chi connectivity index (χ4v) is 3.86. The van der Waals surface area contributed by atoms with Crippen LogP contribution in [-0.2, 0) is 6.54 Å². The van der Waals surface area contributed by atoms with Gasteiger partial charge in [-0.1, -0.05) is 0 Å². The molecule has 0 spiro atoms. The minimum atomic E-state index is 0.881. The lowest BCUT2D eigenvalue weighted by Crippen LogP contribution is -2.17. The number of rotatable bonds is 4. The number of aryl methyl sites for hydroxylation is 1. The Morgan fingerprint density at radius 2 is 2.05 bits per heavy atom. The minimum absolute atomic E-state index is 0.881. The third-order valence-electron chi connectivity index (χ3n) is 3.79. The average molecular weight is 351 g/mol. The molecule has 0 atom stereocenters. The van der Waals surface area contributed by atoms with Gasteiger partial charge in [0.15, 0.2) is 0 Å². The summed E-state index contributed by atoms with van der Waals surface area (Å²) in [5.41, 5.74) is 5.24. The largest absolute Gasteiger partial charge is 0.381 e. The first-order chi connectivity index (χ1) is 9.72. The van der Waals surface area contributed by atoms with Crippen LogP contribution in [0.25, 0.3) is 0 Å². The highest BCUT2D eigenvalue weighted by Crippen LogP contribution is 2.26. The first kappa shape index (κ1) is 14.0. The van der Waals surface area contributed by atoms with Gasteiger partial charge in [-0.25, -0.2) is 0 Å². The zero-order valence-electron chi connectivity index (χ0n) is 11.7. The zero-order valence-corrected chi connectivity index (χ0v) is 14.1. The predicted octanol–water partition coefficient (Wildman–Crippen LogP) is 5.03. The summed E-state index contributed by atoms with van der Waals surface area (Å²) >= 11 is 5.24. The van der Waals surface area contributed by atoms with Crippen molar-refractivity contribution in [3.8, 4) is 0 Å². The van der Waals surface area contributed by atoms with E-state index in [4.69, 9.17) is 0 Å². The highest BCUT2D eigenvalue weighted by atomic mass is 79.9. The van der Waals surface area contributed by atoms with E-state index in [1.54, 1.807) is 11.3 Å². The summed E-state index contributed by atoms with van der Waals surface area (Å²) in [6, 6.07) is 8.93. The van der Waals surface area contributed by atoms with Gasteiger partial charge in [-0.3, -0.25) is 0 Å². The van der Waals surface area contributed by atoms with E-state index in [-0.39, 0.29) is 0 Å². The van der Waals surface area contributed by atoms with Gasteiger partial charge in [0.05, 0.1) is 3.79 Å². The second-order valence-electron chi connectivity index (χ2n) is 5.31. The topological polar surface area (TPSA) is 15.3 Å². The smallest absolute Gasteiger partial charge is 0.0701 e. The van der Waals surface area contributed by atoms with Gasteiger partial charge in [-0.15, -0.1) is 11.3 Å². The quantitative estimate of drug-likeness (QED) is 0.831. The van der Waals surface area contributed by atoms with Crippen molar-refractivity contribution in [1.82, 2.24) is 0 Å². The Bertz CT molecular complexity index is 588. The van der Waals surface area contributed by atoms with Crippen LogP contribution in [0.15, 0.2) is 33.4 Å².